The summed E-state index contributed by atoms with van der Waals surface area (Å²) in [4.78, 5) is 23.4. The summed E-state index contributed by atoms with van der Waals surface area (Å²) in [6.45, 7) is 1.98. The lowest BCUT2D eigenvalue weighted by Crippen LogP contribution is -2.56. The number of nitrogens with one attached hydrogen (secondary N) is 1. The lowest BCUT2D eigenvalue weighted by molar-refractivity contribution is 0.0695. The second-order valence-corrected chi connectivity index (χ2v) is 5.57. The molecule has 1 aliphatic heterocycles. The van der Waals surface area contributed by atoms with Crippen molar-refractivity contribution in [3.63, 3.8) is 0 Å². The summed E-state index contributed by atoms with van der Waals surface area (Å²) >= 11 is 3.16. The van der Waals surface area contributed by atoms with E-state index < -0.39 is 11.6 Å². The fraction of sp³-hybridized carbons (Fsp3) is 0.286. The Bertz CT molecular complexity index is 612. The minimum Gasteiger partial charge on any atom is -0.478 e. The fourth-order valence-electron chi connectivity index (χ4n) is 2.14. The van der Waals surface area contributed by atoms with Crippen LogP contribution in [-0.2, 0) is 0 Å². The van der Waals surface area contributed by atoms with E-state index in [1.807, 2.05) is 13.0 Å². The van der Waals surface area contributed by atoms with E-state index in [1.165, 1.54) is 18.2 Å². The molecule has 2 rings (SSSR count). The van der Waals surface area contributed by atoms with Gasteiger partial charge < -0.3 is 16.2 Å². The average molecular weight is 339 g/mol. The first kappa shape index (κ1) is 14.7. The molecule has 0 saturated heterocycles. The highest BCUT2D eigenvalue weighted by molar-refractivity contribution is 9.10. The van der Waals surface area contributed by atoms with Crippen LogP contribution in [0.3, 0.4) is 0 Å². The summed E-state index contributed by atoms with van der Waals surface area (Å²) in [5, 5.41) is 12.0. The zero-order valence-corrected chi connectivity index (χ0v) is 12.5. The molecule has 0 saturated carbocycles. The smallest absolute Gasteiger partial charge is 0.336 e. The number of ketones is 1. The zero-order chi connectivity index (χ0) is 14.9. The molecule has 106 valence electrons. The number of hydrogen-bond acceptors (Lipinski definition) is 4. The Kier molecular flexibility index (Phi) is 3.96. The molecule has 0 radical (unpaired) electrons. The molecule has 0 spiro atoms. The number of benzene rings is 1. The third kappa shape index (κ3) is 2.62. The number of halogens is 1. The van der Waals surface area contributed by atoms with Crippen molar-refractivity contribution in [1.29, 1.82) is 0 Å². The Balaban J connectivity index is 2.27. The summed E-state index contributed by atoms with van der Waals surface area (Å²) in [6, 6.07) is 4.37. The highest BCUT2D eigenvalue weighted by Gasteiger charge is 2.37. The number of carbonyl (C=O) groups excluding carboxylic acids is 1. The second-order valence-electron chi connectivity index (χ2n) is 4.71. The van der Waals surface area contributed by atoms with Gasteiger partial charge >= 0.3 is 5.97 Å². The van der Waals surface area contributed by atoms with Gasteiger partial charge in [-0.15, -0.1) is 0 Å². The van der Waals surface area contributed by atoms with E-state index in [0.717, 1.165) is 12.1 Å². The Morgan fingerprint density at radius 2 is 2.20 bits per heavy atom. The van der Waals surface area contributed by atoms with Gasteiger partial charge in [-0.1, -0.05) is 19.1 Å². The third-order valence-electron chi connectivity index (χ3n) is 3.30. The van der Waals surface area contributed by atoms with E-state index >= 15 is 0 Å². The van der Waals surface area contributed by atoms with Crippen molar-refractivity contribution in [2.45, 2.75) is 25.4 Å². The number of hydrogen-bond donors (Lipinski definition) is 3. The molecule has 0 bridgehead atoms. The summed E-state index contributed by atoms with van der Waals surface area (Å²) in [7, 11) is 0. The zero-order valence-electron chi connectivity index (χ0n) is 10.9. The van der Waals surface area contributed by atoms with E-state index in [2.05, 4.69) is 21.2 Å². The summed E-state index contributed by atoms with van der Waals surface area (Å²) < 4.78 is 0.362. The van der Waals surface area contributed by atoms with Crippen LogP contribution >= 0.6 is 15.9 Å². The van der Waals surface area contributed by atoms with Crippen LogP contribution in [0.4, 0.5) is 0 Å². The molecule has 4 N–H and O–H groups in total. The first-order valence-electron chi connectivity index (χ1n) is 6.21. The average Bonchev–Trinajstić information content (AvgIpc) is 2.80. The van der Waals surface area contributed by atoms with Crippen molar-refractivity contribution >= 4 is 27.7 Å². The molecule has 1 unspecified atom stereocenters. The van der Waals surface area contributed by atoms with Crippen molar-refractivity contribution in [2.24, 2.45) is 5.73 Å². The van der Waals surface area contributed by atoms with Crippen molar-refractivity contribution in [2.75, 3.05) is 0 Å². The largest absolute Gasteiger partial charge is 0.478 e. The number of carboxylic acids is 1. The molecule has 6 heteroatoms. The number of Topliss-reactive ketones (excluding diaryl/α,β-unsaturated/α-hetero) is 1. The van der Waals surface area contributed by atoms with Gasteiger partial charge in [-0.3, -0.25) is 4.79 Å². The Morgan fingerprint density at radius 1 is 1.50 bits per heavy atom. The fourth-order valence-corrected chi connectivity index (χ4v) is 2.69. The minimum atomic E-state index is -1.14. The van der Waals surface area contributed by atoms with Crippen molar-refractivity contribution in [3.05, 3.63) is 45.6 Å². The maximum atomic E-state index is 12.5. The highest BCUT2D eigenvalue weighted by atomic mass is 79.9. The SMILES string of the molecule is CCC1=CCC(N)(C(=O)c2ccc(C(=O)O)c(Br)c2)N1. The molecule has 20 heavy (non-hydrogen) atoms. The van der Waals surface area contributed by atoms with Gasteiger partial charge in [0.1, 0.15) is 0 Å². The quantitative estimate of drug-likeness (QED) is 0.732. The van der Waals surface area contributed by atoms with Crippen LogP contribution in [0, 0.1) is 0 Å². The molecule has 0 fully saturated rings. The van der Waals surface area contributed by atoms with Crippen molar-refractivity contribution in [1.82, 2.24) is 5.32 Å². The number of aromatic carboxylic acids is 1. The predicted molar refractivity (Wildman–Crippen MR) is 78.5 cm³/mol. The number of carbonyl (C=O) groups is 2. The van der Waals surface area contributed by atoms with Gasteiger partial charge in [0.15, 0.2) is 5.66 Å². The van der Waals surface area contributed by atoms with Crippen molar-refractivity contribution < 1.29 is 14.7 Å². The van der Waals surface area contributed by atoms with Gasteiger partial charge in [-0.2, -0.15) is 0 Å². The highest BCUT2D eigenvalue weighted by Crippen LogP contribution is 2.25. The van der Waals surface area contributed by atoms with Gasteiger partial charge in [-0.05, 0) is 34.5 Å². The summed E-state index contributed by atoms with van der Waals surface area (Å²) in [6.07, 6.45) is 3.12. The van der Waals surface area contributed by atoms with Crippen LogP contribution in [-0.4, -0.2) is 22.5 Å². The second kappa shape index (κ2) is 5.38. The Morgan fingerprint density at radius 3 is 2.70 bits per heavy atom. The molecule has 1 heterocycles. The van der Waals surface area contributed by atoms with E-state index in [1.54, 1.807) is 0 Å². The van der Waals surface area contributed by atoms with Crippen LogP contribution in [0.2, 0.25) is 0 Å². The molecule has 0 amide bonds. The van der Waals surface area contributed by atoms with E-state index in [9.17, 15) is 9.59 Å². The molecule has 1 atom stereocenters. The minimum absolute atomic E-state index is 0.111. The van der Waals surface area contributed by atoms with Gasteiger partial charge in [-0.25, -0.2) is 4.79 Å². The Labute approximate surface area is 125 Å². The van der Waals surface area contributed by atoms with Gasteiger partial charge in [0.2, 0.25) is 5.78 Å². The van der Waals surface area contributed by atoms with Gasteiger partial charge in [0.25, 0.3) is 0 Å². The lowest BCUT2D eigenvalue weighted by atomic mass is 9.96. The number of rotatable bonds is 4. The molecule has 5 nitrogen and oxygen atoms in total. The van der Waals surface area contributed by atoms with E-state index in [0.29, 0.717) is 16.5 Å². The first-order valence-corrected chi connectivity index (χ1v) is 7.00. The van der Waals surface area contributed by atoms with E-state index in [4.69, 9.17) is 10.8 Å². The van der Waals surface area contributed by atoms with Crippen LogP contribution in [0.15, 0.2) is 34.4 Å². The van der Waals surface area contributed by atoms with Crippen molar-refractivity contribution in [3.8, 4) is 0 Å². The third-order valence-corrected chi connectivity index (χ3v) is 3.96. The summed E-state index contributed by atoms with van der Waals surface area (Å²) in [5.41, 5.74) is 6.40. The van der Waals surface area contributed by atoms with Crippen LogP contribution in [0.5, 0.6) is 0 Å². The van der Waals surface area contributed by atoms with E-state index in [-0.39, 0.29) is 11.3 Å². The number of allylic oxidation sites excluding steroid dienone is 1. The normalized spacial score (nSPS) is 21.2. The first-order chi connectivity index (χ1) is 9.37. The molecule has 1 aromatic carbocycles. The maximum absolute atomic E-state index is 12.5. The molecule has 0 aromatic heterocycles. The molecular formula is C14H15BrN2O3. The molecule has 0 aliphatic carbocycles. The van der Waals surface area contributed by atoms with Crippen LogP contribution < -0.4 is 11.1 Å². The standard InChI is InChI=1S/C14H15BrN2O3/c1-2-9-5-6-14(16,17-9)12(18)8-3-4-10(13(19)20)11(15)7-8/h3-5,7,17H,2,6,16H2,1H3,(H,19,20). The van der Waals surface area contributed by atoms with Gasteiger partial charge in [0, 0.05) is 22.2 Å². The Hall–Kier alpha value is -1.66. The predicted octanol–water partition coefficient (Wildman–Crippen LogP) is 2.27. The van der Waals surface area contributed by atoms with Crippen LogP contribution in [0.25, 0.3) is 0 Å². The lowest BCUT2D eigenvalue weighted by Gasteiger charge is -2.25. The molecule has 1 aromatic rings. The monoisotopic (exact) mass is 338 g/mol. The van der Waals surface area contributed by atoms with Gasteiger partial charge in [0.05, 0.1) is 5.56 Å². The topological polar surface area (TPSA) is 92.4 Å². The maximum Gasteiger partial charge on any atom is 0.336 e. The number of carboxylic acid groups (broad SMARTS) is 1. The molecular weight excluding hydrogens is 324 g/mol. The van der Waals surface area contributed by atoms with Crippen LogP contribution in [0.1, 0.15) is 40.5 Å². The number of nitrogens with two attached hydrogens (primary N) is 1. The molecule has 1 aliphatic rings. The summed E-state index contributed by atoms with van der Waals surface area (Å²) in [5.74, 6) is -1.30.